The van der Waals surface area contributed by atoms with Gasteiger partial charge in [0.1, 0.15) is 0 Å². The van der Waals surface area contributed by atoms with E-state index in [1.165, 1.54) is 5.56 Å². The summed E-state index contributed by atoms with van der Waals surface area (Å²) in [5, 5.41) is 4.24. The number of anilines is 1. The quantitative estimate of drug-likeness (QED) is 0.308. The number of fused-ring (bicyclic) bond motifs is 1. The molecule has 0 aromatic heterocycles. The van der Waals surface area contributed by atoms with Crippen LogP contribution in [0.3, 0.4) is 0 Å². The van der Waals surface area contributed by atoms with E-state index in [0.717, 1.165) is 25.2 Å². The average Bonchev–Trinajstić information content (AvgIpc) is 2.91. The summed E-state index contributed by atoms with van der Waals surface area (Å²) in [6, 6.07) is 28.2. The molecule has 202 valence electrons. The number of sulfonamides is 1. The molecule has 6 nitrogen and oxygen atoms in total. The first-order valence-electron chi connectivity index (χ1n) is 13.4. The molecule has 0 aliphatic carbocycles. The van der Waals surface area contributed by atoms with Crippen LogP contribution in [-0.4, -0.2) is 38.4 Å². The van der Waals surface area contributed by atoms with Crippen LogP contribution < -0.4 is 10.0 Å². The first kappa shape index (κ1) is 27.1. The molecular weight excluding hydrogens is 506 g/mol. The van der Waals surface area contributed by atoms with Crippen molar-refractivity contribution >= 4 is 32.4 Å². The zero-order valence-corrected chi connectivity index (χ0v) is 23.4. The summed E-state index contributed by atoms with van der Waals surface area (Å²) in [6.45, 7) is 8.61. The number of nitrogens with zero attached hydrogens (tertiary/aromatic N) is 1. The highest BCUT2D eigenvalue weighted by Gasteiger charge is 2.35. The molecule has 1 heterocycles. The molecule has 7 heteroatoms. The monoisotopic (exact) mass is 541 g/mol. The van der Waals surface area contributed by atoms with E-state index in [2.05, 4.69) is 40.9 Å². The fourth-order valence-corrected chi connectivity index (χ4v) is 7.42. The Kier molecular flexibility index (Phi) is 7.84. The van der Waals surface area contributed by atoms with E-state index >= 15 is 0 Å². The van der Waals surface area contributed by atoms with Gasteiger partial charge in [0, 0.05) is 47.7 Å². The summed E-state index contributed by atoms with van der Waals surface area (Å²) in [5.74, 6) is 0.0641. The van der Waals surface area contributed by atoms with Gasteiger partial charge < -0.3 is 5.32 Å². The highest BCUT2D eigenvalue weighted by Crippen LogP contribution is 2.32. The summed E-state index contributed by atoms with van der Waals surface area (Å²) < 4.78 is 30.6. The number of piperidine rings is 1. The molecule has 1 aliphatic rings. The molecule has 0 saturated carbocycles. The normalized spacial score (nSPS) is 20.1. The van der Waals surface area contributed by atoms with Crippen molar-refractivity contribution in [2.24, 2.45) is 11.8 Å². The molecule has 0 radical (unpaired) electrons. The Morgan fingerprint density at radius 3 is 2.13 bits per heavy atom. The number of aryl methyl sites for hydroxylation is 1. The van der Waals surface area contributed by atoms with Gasteiger partial charge in [-0.2, -0.15) is 0 Å². The molecular formula is C32H35N3O3S. The average molecular weight is 542 g/mol. The summed E-state index contributed by atoms with van der Waals surface area (Å²) in [6.07, 6.45) is 0. The molecule has 4 aromatic carbocycles. The third-order valence-corrected chi connectivity index (χ3v) is 9.19. The number of nitrogens with one attached hydrogen (secondary N) is 2. The van der Waals surface area contributed by atoms with Gasteiger partial charge in [0.25, 0.3) is 5.91 Å². The van der Waals surface area contributed by atoms with E-state index in [1.54, 1.807) is 24.3 Å². The minimum Gasteiger partial charge on any atom is -0.321 e. The van der Waals surface area contributed by atoms with Crippen LogP contribution in [0.15, 0.2) is 95.9 Å². The number of hydrogen-bond donors (Lipinski definition) is 2. The van der Waals surface area contributed by atoms with Crippen LogP contribution >= 0.6 is 0 Å². The van der Waals surface area contributed by atoms with E-state index in [9.17, 15) is 13.2 Å². The summed E-state index contributed by atoms with van der Waals surface area (Å²) in [4.78, 5) is 15.6. The van der Waals surface area contributed by atoms with E-state index < -0.39 is 10.0 Å². The molecule has 2 atom stereocenters. The van der Waals surface area contributed by atoms with Crippen LogP contribution in [-0.2, 0) is 16.6 Å². The first-order chi connectivity index (χ1) is 18.7. The predicted molar refractivity (Wildman–Crippen MR) is 157 cm³/mol. The number of amides is 1. The van der Waals surface area contributed by atoms with Gasteiger partial charge in [-0.15, -0.1) is 0 Å². The molecule has 1 saturated heterocycles. The Morgan fingerprint density at radius 2 is 1.44 bits per heavy atom. The van der Waals surface area contributed by atoms with Crippen molar-refractivity contribution in [2.45, 2.75) is 38.3 Å². The van der Waals surface area contributed by atoms with Crippen LogP contribution in [0.4, 0.5) is 5.69 Å². The van der Waals surface area contributed by atoms with Crippen molar-refractivity contribution in [2.75, 3.05) is 18.4 Å². The van der Waals surface area contributed by atoms with Gasteiger partial charge >= 0.3 is 0 Å². The fraction of sp³-hybridized carbons (Fsp3) is 0.281. The third-order valence-electron chi connectivity index (χ3n) is 7.67. The number of carbonyl (C=O) groups excluding carboxylic acids is 1. The van der Waals surface area contributed by atoms with Gasteiger partial charge in [0.2, 0.25) is 10.0 Å². The molecule has 2 unspecified atom stereocenters. The van der Waals surface area contributed by atoms with Crippen LogP contribution in [0.25, 0.3) is 10.8 Å². The van der Waals surface area contributed by atoms with Crippen LogP contribution in [0.2, 0.25) is 0 Å². The van der Waals surface area contributed by atoms with Crippen molar-refractivity contribution in [3.63, 3.8) is 0 Å². The summed E-state index contributed by atoms with van der Waals surface area (Å²) in [7, 11) is -3.81. The lowest BCUT2D eigenvalue weighted by atomic mass is 9.86. The Labute approximate surface area is 231 Å². The number of hydrogen-bond acceptors (Lipinski definition) is 4. The maximum Gasteiger partial charge on any atom is 0.255 e. The lowest BCUT2D eigenvalue weighted by Gasteiger charge is -2.41. The molecule has 1 aliphatic heterocycles. The smallest absolute Gasteiger partial charge is 0.255 e. The molecule has 0 spiro atoms. The van der Waals surface area contributed by atoms with Crippen LogP contribution in [0.1, 0.15) is 35.3 Å². The maximum absolute atomic E-state index is 13.8. The SMILES string of the molecule is Cc1ccccc1C(=O)Nc1ccc(S(=O)(=O)NC2C(C)CN(Cc3ccccc3)CC2C)c2ccccc12. The van der Waals surface area contributed by atoms with Crippen molar-refractivity contribution in [3.8, 4) is 0 Å². The summed E-state index contributed by atoms with van der Waals surface area (Å²) in [5.41, 5.74) is 3.30. The highest BCUT2D eigenvalue weighted by molar-refractivity contribution is 7.89. The minimum atomic E-state index is -3.81. The first-order valence-corrected chi connectivity index (χ1v) is 14.9. The zero-order valence-electron chi connectivity index (χ0n) is 22.6. The Bertz CT molecular complexity index is 1580. The van der Waals surface area contributed by atoms with Crippen LogP contribution in [0, 0.1) is 18.8 Å². The van der Waals surface area contributed by atoms with Crippen molar-refractivity contribution in [1.29, 1.82) is 0 Å². The van der Waals surface area contributed by atoms with E-state index in [0.29, 0.717) is 22.0 Å². The lowest BCUT2D eigenvalue weighted by molar-refractivity contribution is 0.102. The third kappa shape index (κ3) is 5.91. The van der Waals surface area contributed by atoms with Crippen molar-refractivity contribution < 1.29 is 13.2 Å². The lowest BCUT2D eigenvalue weighted by Crippen LogP contribution is -2.54. The number of rotatable bonds is 7. The molecule has 1 amide bonds. The zero-order chi connectivity index (χ0) is 27.6. The predicted octanol–water partition coefficient (Wildman–Crippen LogP) is 5.84. The van der Waals surface area contributed by atoms with Gasteiger partial charge in [-0.05, 0) is 48.1 Å². The molecule has 2 N–H and O–H groups in total. The number of carbonyl (C=O) groups is 1. The molecule has 39 heavy (non-hydrogen) atoms. The van der Waals surface area contributed by atoms with Gasteiger partial charge in [-0.25, -0.2) is 13.1 Å². The second kappa shape index (κ2) is 11.3. The Balaban J connectivity index is 1.37. The second-order valence-electron chi connectivity index (χ2n) is 10.7. The number of likely N-dealkylation sites (tertiary alicyclic amines) is 1. The van der Waals surface area contributed by atoms with E-state index in [1.807, 2.05) is 61.5 Å². The molecule has 4 aromatic rings. The van der Waals surface area contributed by atoms with Gasteiger partial charge in [0.05, 0.1) is 4.90 Å². The summed E-state index contributed by atoms with van der Waals surface area (Å²) >= 11 is 0. The standard InChI is InChI=1S/C32H35N3O3S/c1-22-11-7-8-14-26(22)32(36)33-29-17-18-30(28-16-10-9-15-27(28)29)39(37,38)34-31-23(2)19-35(20-24(31)3)21-25-12-5-4-6-13-25/h4-18,23-24,31,34H,19-21H2,1-3H3,(H,33,36). The van der Waals surface area contributed by atoms with E-state index in [-0.39, 0.29) is 28.7 Å². The topological polar surface area (TPSA) is 78.5 Å². The highest BCUT2D eigenvalue weighted by atomic mass is 32.2. The Morgan fingerprint density at radius 1 is 0.821 bits per heavy atom. The Hall–Kier alpha value is -3.52. The van der Waals surface area contributed by atoms with Crippen LogP contribution in [0.5, 0.6) is 0 Å². The van der Waals surface area contributed by atoms with Crippen molar-refractivity contribution in [1.82, 2.24) is 9.62 Å². The van der Waals surface area contributed by atoms with Crippen molar-refractivity contribution in [3.05, 3.63) is 108 Å². The fourth-order valence-electron chi connectivity index (χ4n) is 5.75. The van der Waals surface area contributed by atoms with Gasteiger partial charge in [0.15, 0.2) is 0 Å². The van der Waals surface area contributed by atoms with E-state index in [4.69, 9.17) is 0 Å². The molecule has 0 bridgehead atoms. The van der Waals surface area contributed by atoms with Gasteiger partial charge in [-0.1, -0.05) is 86.6 Å². The second-order valence-corrected chi connectivity index (χ2v) is 12.4. The largest absolute Gasteiger partial charge is 0.321 e. The van der Waals surface area contributed by atoms with Gasteiger partial charge in [-0.3, -0.25) is 9.69 Å². The molecule has 5 rings (SSSR count). The number of benzene rings is 4. The maximum atomic E-state index is 13.8. The molecule has 1 fully saturated rings. The minimum absolute atomic E-state index is 0.145.